The molecule has 2 amide bonds. The van der Waals surface area contributed by atoms with Gasteiger partial charge in [-0.15, -0.1) is 0 Å². The number of carbonyl (C=O) groups excluding carboxylic acids is 2. The number of imide groups is 1. The van der Waals surface area contributed by atoms with Gasteiger partial charge in [-0.05, 0) is 53.1 Å². The van der Waals surface area contributed by atoms with Crippen LogP contribution in [0.1, 0.15) is 43.3 Å². The van der Waals surface area contributed by atoms with Crippen molar-refractivity contribution in [1.82, 2.24) is 4.90 Å². The summed E-state index contributed by atoms with van der Waals surface area (Å²) in [6, 6.07) is 15.3. The molecular weight excluding hydrogens is 554 g/mol. The summed E-state index contributed by atoms with van der Waals surface area (Å²) in [5.41, 5.74) is 1.77. The highest BCUT2D eigenvalue weighted by molar-refractivity contribution is 9.10. The summed E-state index contributed by atoms with van der Waals surface area (Å²) in [6.07, 6.45) is -2.16. The maximum Gasteiger partial charge on any atom is 0.399 e. The maximum atomic E-state index is 13.7. The molecule has 0 N–H and O–H groups in total. The molecule has 0 aliphatic carbocycles. The molecule has 1 aliphatic rings. The Morgan fingerprint density at radius 1 is 0.912 bits per heavy atom. The molecule has 0 spiro atoms. The lowest BCUT2D eigenvalue weighted by Crippen LogP contribution is -2.29. The highest BCUT2D eigenvalue weighted by atomic mass is 79.9. The van der Waals surface area contributed by atoms with Crippen molar-refractivity contribution in [2.45, 2.75) is 18.6 Å². The number of nitrogens with zero attached hydrogens (tertiary/aromatic N) is 1. The van der Waals surface area contributed by atoms with Gasteiger partial charge in [0.2, 0.25) is 0 Å². The highest BCUT2D eigenvalue weighted by Crippen LogP contribution is 2.38. The third-order valence-electron chi connectivity index (χ3n) is 5.36. The van der Waals surface area contributed by atoms with Gasteiger partial charge in [0.05, 0.1) is 23.6 Å². The van der Waals surface area contributed by atoms with Crippen LogP contribution in [0.5, 0.6) is 0 Å². The minimum atomic E-state index is -4.55. The van der Waals surface area contributed by atoms with E-state index in [9.17, 15) is 22.8 Å². The van der Waals surface area contributed by atoms with Crippen molar-refractivity contribution in [1.29, 1.82) is 0 Å². The lowest BCUT2D eigenvalue weighted by atomic mass is 9.97. The number of halogens is 6. The quantitative estimate of drug-likeness (QED) is 0.293. The lowest BCUT2D eigenvalue weighted by Gasteiger charge is -2.18. The minimum absolute atomic E-state index is 0.0309. The standard InChI is InChI=1S/C25H15BrCl2F3NO2/c26-22-9-14(6-8-21(25(29,30)31)16-10-17(27)12-18(28)11-16)5-7-15(22)13-32-23(33)19-3-1-2-4-20(19)24(32)34/h1-12,21H,13H2/b8-6+. The first-order chi connectivity index (χ1) is 16.0. The number of allylic oxidation sites excluding steroid dienone is 1. The molecule has 1 atom stereocenters. The smallest absolute Gasteiger partial charge is 0.270 e. The molecular formula is C25H15BrCl2F3NO2. The molecule has 3 nitrogen and oxygen atoms in total. The van der Waals surface area contributed by atoms with Crippen molar-refractivity contribution >= 4 is 57.0 Å². The second-order valence-electron chi connectivity index (χ2n) is 7.67. The normalized spacial score (nSPS) is 14.7. The third-order valence-corrected chi connectivity index (χ3v) is 6.54. The van der Waals surface area contributed by atoms with Crippen LogP contribution in [-0.2, 0) is 6.54 Å². The summed E-state index contributed by atoms with van der Waals surface area (Å²) in [5.74, 6) is -2.67. The molecule has 174 valence electrons. The molecule has 0 bridgehead atoms. The van der Waals surface area contributed by atoms with Crippen molar-refractivity contribution < 1.29 is 22.8 Å². The van der Waals surface area contributed by atoms with Crippen LogP contribution in [0.15, 0.2) is 71.2 Å². The van der Waals surface area contributed by atoms with E-state index >= 15 is 0 Å². The first-order valence-corrected chi connectivity index (χ1v) is 11.5. The SMILES string of the molecule is O=C1c2ccccc2C(=O)N1Cc1ccc(/C=C/C(c2cc(Cl)cc(Cl)c2)C(F)(F)F)cc1Br. The molecule has 1 aliphatic heterocycles. The van der Waals surface area contributed by atoms with E-state index in [0.29, 0.717) is 26.7 Å². The maximum absolute atomic E-state index is 13.7. The van der Waals surface area contributed by atoms with Crippen molar-refractivity contribution in [2.75, 3.05) is 0 Å². The molecule has 0 fully saturated rings. The predicted molar refractivity (Wildman–Crippen MR) is 129 cm³/mol. The summed E-state index contributed by atoms with van der Waals surface area (Å²) in [5, 5.41) is 0.232. The van der Waals surface area contributed by atoms with Gasteiger partial charge in [-0.25, -0.2) is 0 Å². The first-order valence-electron chi connectivity index (χ1n) is 9.99. The van der Waals surface area contributed by atoms with Gasteiger partial charge in [-0.2, -0.15) is 13.2 Å². The fourth-order valence-corrected chi connectivity index (χ4v) is 4.78. The van der Waals surface area contributed by atoms with Crippen LogP contribution in [0, 0.1) is 0 Å². The van der Waals surface area contributed by atoms with E-state index in [1.807, 2.05) is 0 Å². The van der Waals surface area contributed by atoms with Crippen LogP contribution in [-0.4, -0.2) is 22.9 Å². The molecule has 4 rings (SSSR count). The van der Waals surface area contributed by atoms with E-state index in [0.717, 1.165) is 11.0 Å². The van der Waals surface area contributed by atoms with Gasteiger partial charge in [0.15, 0.2) is 0 Å². The van der Waals surface area contributed by atoms with Crippen molar-refractivity contribution in [3.8, 4) is 0 Å². The summed E-state index contributed by atoms with van der Waals surface area (Å²) >= 11 is 15.2. The number of carbonyl (C=O) groups is 2. The second-order valence-corrected chi connectivity index (χ2v) is 9.40. The number of hydrogen-bond acceptors (Lipinski definition) is 2. The van der Waals surface area contributed by atoms with Crippen molar-refractivity contribution in [2.24, 2.45) is 0 Å². The zero-order chi connectivity index (χ0) is 24.6. The Morgan fingerprint density at radius 3 is 2.03 bits per heavy atom. The van der Waals surface area contributed by atoms with E-state index in [2.05, 4.69) is 15.9 Å². The number of alkyl halides is 3. The van der Waals surface area contributed by atoms with Gasteiger partial charge < -0.3 is 0 Å². The fraction of sp³-hybridized carbons (Fsp3) is 0.120. The monoisotopic (exact) mass is 567 g/mol. The average Bonchev–Trinajstić information content (AvgIpc) is 2.99. The molecule has 1 heterocycles. The van der Waals surface area contributed by atoms with E-state index in [4.69, 9.17) is 23.2 Å². The van der Waals surface area contributed by atoms with E-state index in [1.54, 1.807) is 42.5 Å². The van der Waals surface area contributed by atoms with Crippen LogP contribution >= 0.6 is 39.1 Å². The zero-order valence-electron chi connectivity index (χ0n) is 17.2. The molecule has 0 aromatic heterocycles. The zero-order valence-corrected chi connectivity index (χ0v) is 20.3. The highest BCUT2D eigenvalue weighted by Gasteiger charge is 2.39. The largest absolute Gasteiger partial charge is 0.399 e. The van der Waals surface area contributed by atoms with Crippen LogP contribution in [0.4, 0.5) is 13.2 Å². The van der Waals surface area contributed by atoms with Gasteiger partial charge in [-0.3, -0.25) is 14.5 Å². The summed E-state index contributed by atoms with van der Waals surface area (Å²) in [4.78, 5) is 26.3. The molecule has 1 unspecified atom stereocenters. The van der Waals surface area contributed by atoms with E-state index in [-0.39, 0.29) is 34.0 Å². The fourth-order valence-electron chi connectivity index (χ4n) is 3.72. The van der Waals surface area contributed by atoms with Gasteiger partial charge in [0.1, 0.15) is 0 Å². The topological polar surface area (TPSA) is 37.4 Å². The van der Waals surface area contributed by atoms with Gasteiger partial charge in [0, 0.05) is 14.5 Å². The number of benzene rings is 3. The van der Waals surface area contributed by atoms with Crippen LogP contribution in [0.3, 0.4) is 0 Å². The number of rotatable bonds is 5. The predicted octanol–water partition coefficient (Wildman–Crippen LogP) is 7.91. The van der Waals surface area contributed by atoms with Crippen molar-refractivity contribution in [3.05, 3.63) is 109 Å². The molecule has 0 saturated carbocycles. The van der Waals surface area contributed by atoms with Gasteiger partial charge in [0.25, 0.3) is 11.8 Å². The Hall–Kier alpha value is -2.61. The molecule has 9 heteroatoms. The Labute approximate surface area is 211 Å². The Kier molecular flexibility index (Phi) is 6.90. The lowest BCUT2D eigenvalue weighted by molar-refractivity contribution is -0.139. The van der Waals surface area contributed by atoms with Crippen LogP contribution in [0.25, 0.3) is 6.08 Å². The Morgan fingerprint density at radius 2 is 1.50 bits per heavy atom. The molecule has 3 aromatic carbocycles. The third kappa shape index (κ3) is 5.06. The molecule has 0 radical (unpaired) electrons. The molecule has 3 aromatic rings. The minimum Gasteiger partial charge on any atom is -0.270 e. The molecule has 0 saturated heterocycles. The Balaban J connectivity index is 1.56. The van der Waals surface area contributed by atoms with Crippen molar-refractivity contribution in [3.63, 3.8) is 0 Å². The Bertz CT molecular complexity index is 1270. The van der Waals surface area contributed by atoms with Crippen LogP contribution in [0.2, 0.25) is 10.0 Å². The average molecular weight is 569 g/mol. The summed E-state index contributed by atoms with van der Waals surface area (Å²) in [6.45, 7) is 0.0309. The van der Waals surface area contributed by atoms with Gasteiger partial charge in [-0.1, -0.05) is 75.5 Å². The van der Waals surface area contributed by atoms with Crippen LogP contribution < -0.4 is 0 Å². The number of amides is 2. The van der Waals surface area contributed by atoms with E-state index < -0.39 is 12.1 Å². The molecule has 34 heavy (non-hydrogen) atoms. The number of hydrogen-bond donors (Lipinski definition) is 0. The van der Waals surface area contributed by atoms with E-state index in [1.165, 1.54) is 24.3 Å². The summed E-state index contributed by atoms with van der Waals surface area (Å²) in [7, 11) is 0. The second kappa shape index (κ2) is 9.56. The number of fused-ring (bicyclic) bond motifs is 1. The van der Waals surface area contributed by atoms with Gasteiger partial charge >= 0.3 is 6.18 Å². The summed E-state index contributed by atoms with van der Waals surface area (Å²) < 4.78 is 41.7. The first kappa shape index (κ1) is 24.5.